The van der Waals surface area contributed by atoms with E-state index in [0.29, 0.717) is 12.8 Å². The molecule has 1 aliphatic heterocycles. The summed E-state index contributed by atoms with van der Waals surface area (Å²) in [4.78, 5) is 19.6. The van der Waals surface area contributed by atoms with Crippen LogP contribution in [-0.4, -0.2) is 44.4 Å². The van der Waals surface area contributed by atoms with Gasteiger partial charge in [0.15, 0.2) is 22.5 Å². The number of hydrogen-bond donors (Lipinski definition) is 4. The van der Waals surface area contributed by atoms with Crippen molar-refractivity contribution >= 4 is 35.5 Å². The van der Waals surface area contributed by atoms with Crippen molar-refractivity contribution in [3.05, 3.63) is 10.8 Å². The lowest BCUT2D eigenvalue weighted by molar-refractivity contribution is -0.289. The molecule has 1 amide bonds. The lowest BCUT2D eigenvalue weighted by Gasteiger charge is -2.49. The number of nitrogens with zero attached hydrogens (tertiary/aromatic N) is 4. The molecule has 0 unspecified atom stereocenters. The predicted octanol–water partition coefficient (Wildman–Crippen LogP) is 0.924. The van der Waals surface area contributed by atoms with Crippen LogP contribution in [0.15, 0.2) is 5.10 Å². The van der Waals surface area contributed by atoms with Crippen molar-refractivity contribution in [1.29, 1.82) is 0 Å². The zero-order valence-corrected chi connectivity index (χ0v) is 16.0. The normalized spacial score (nSPS) is 20.2. The van der Waals surface area contributed by atoms with Crippen LogP contribution in [0.1, 0.15) is 51.0 Å². The minimum absolute atomic E-state index is 0.0432. The number of amides is 1. The molecule has 0 atom stereocenters. The van der Waals surface area contributed by atoms with Crippen molar-refractivity contribution in [3.63, 3.8) is 0 Å². The van der Waals surface area contributed by atoms with Crippen molar-refractivity contribution in [3.8, 4) is 0 Å². The monoisotopic (exact) mass is 383 g/mol. The van der Waals surface area contributed by atoms with Gasteiger partial charge in [-0.05, 0) is 40.5 Å². The van der Waals surface area contributed by atoms with E-state index >= 15 is 0 Å². The summed E-state index contributed by atoms with van der Waals surface area (Å²) in [5.41, 5.74) is 12.2. The third-order valence-electron chi connectivity index (χ3n) is 4.25. The number of piperidine rings is 1. The highest BCUT2D eigenvalue weighted by Gasteiger charge is 2.45. The number of nitrogens with one attached hydrogen (secondary N) is 2. The summed E-state index contributed by atoms with van der Waals surface area (Å²) in [6.07, 6.45) is 2.66. The van der Waals surface area contributed by atoms with Crippen LogP contribution >= 0.6 is 11.6 Å². The largest absolute Gasteiger partial charge is 0.382 e. The summed E-state index contributed by atoms with van der Waals surface area (Å²) in [5.74, 6) is -0.857. The van der Waals surface area contributed by atoms with E-state index in [1.54, 1.807) is 0 Å². The van der Waals surface area contributed by atoms with E-state index in [9.17, 15) is 10.0 Å². The van der Waals surface area contributed by atoms with Gasteiger partial charge in [-0.1, -0.05) is 11.6 Å². The molecule has 1 saturated heterocycles. The van der Waals surface area contributed by atoms with Crippen LogP contribution in [0, 0.1) is 0 Å². The minimum atomic E-state index is -0.662. The van der Waals surface area contributed by atoms with Gasteiger partial charge in [-0.2, -0.15) is 5.10 Å². The molecule has 1 fully saturated rings. The van der Waals surface area contributed by atoms with Gasteiger partial charge in [0.1, 0.15) is 6.34 Å². The number of anilines is 2. The highest BCUT2D eigenvalue weighted by atomic mass is 35.5. The van der Waals surface area contributed by atoms with Gasteiger partial charge in [0.2, 0.25) is 0 Å². The summed E-state index contributed by atoms with van der Waals surface area (Å²) in [6.45, 7) is 7.61. The maximum absolute atomic E-state index is 12.3. The number of nitrogen functional groups attached to an aromatic ring is 2. The number of nitrogens with two attached hydrogens (primary N) is 2. The molecule has 1 aromatic rings. The molecule has 26 heavy (non-hydrogen) atoms. The summed E-state index contributed by atoms with van der Waals surface area (Å²) in [7, 11) is 0. The van der Waals surface area contributed by atoms with Gasteiger partial charge in [0.25, 0.3) is 5.91 Å². The predicted molar refractivity (Wildman–Crippen MR) is 98.7 cm³/mol. The number of halogens is 1. The van der Waals surface area contributed by atoms with Crippen molar-refractivity contribution in [1.82, 2.24) is 25.8 Å². The molecule has 0 aliphatic carbocycles. The van der Waals surface area contributed by atoms with E-state index in [0.717, 1.165) is 5.06 Å². The van der Waals surface area contributed by atoms with Crippen molar-refractivity contribution in [2.24, 2.45) is 5.10 Å². The first-order chi connectivity index (χ1) is 11.9. The van der Waals surface area contributed by atoms with Gasteiger partial charge in [-0.25, -0.2) is 15.4 Å². The molecule has 0 aromatic carbocycles. The Morgan fingerprint density at radius 2 is 1.81 bits per heavy atom. The SMILES string of the molecule is CC1(C)CC(NC=NNC(=O)c2nc(Cl)c(N)nc2N)CC(C)(C)N1[O]. The zero-order chi connectivity index (χ0) is 19.7. The van der Waals surface area contributed by atoms with Gasteiger partial charge in [-0.15, -0.1) is 10.3 Å². The molecule has 0 bridgehead atoms. The first kappa shape index (κ1) is 20.1. The molecule has 2 heterocycles. The molecule has 2 rings (SSSR count). The molecule has 10 nitrogen and oxygen atoms in total. The van der Waals surface area contributed by atoms with E-state index in [1.807, 2.05) is 27.7 Å². The summed E-state index contributed by atoms with van der Waals surface area (Å²) >= 11 is 5.74. The van der Waals surface area contributed by atoms with Crippen LogP contribution in [0.25, 0.3) is 0 Å². The third-order valence-corrected chi connectivity index (χ3v) is 4.53. The highest BCUT2D eigenvalue weighted by molar-refractivity contribution is 6.31. The van der Waals surface area contributed by atoms with Crippen LogP contribution in [-0.2, 0) is 5.21 Å². The molecule has 1 aliphatic rings. The maximum atomic E-state index is 12.3. The molecule has 143 valence electrons. The second kappa shape index (κ2) is 7.22. The molecular weight excluding hydrogens is 360 g/mol. The van der Waals surface area contributed by atoms with Crippen LogP contribution in [0.5, 0.6) is 0 Å². The standard InChI is InChI=1S/C15H24ClN8O2/c1-14(2)5-8(6-15(3,4)24(14)26)19-7-20-23-13(25)9-11(17)22-12(18)10(16)21-9/h7-8H,5-6H2,1-4H3,(H,19,20)(H,23,25)(H4,17,18,22). The van der Waals surface area contributed by atoms with Crippen LogP contribution in [0.4, 0.5) is 11.6 Å². The lowest BCUT2D eigenvalue weighted by atomic mass is 9.79. The van der Waals surface area contributed by atoms with Crippen LogP contribution < -0.4 is 22.2 Å². The van der Waals surface area contributed by atoms with Gasteiger partial charge in [0, 0.05) is 17.1 Å². The molecular formula is C15H24ClN8O2. The lowest BCUT2D eigenvalue weighted by Crippen LogP contribution is -2.61. The van der Waals surface area contributed by atoms with Crippen molar-refractivity contribution in [2.45, 2.75) is 57.7 Å². The zero-order valence-electron chi connectivity index (χ0n) is 15.2. The summed E-state index contributed by atoms with van der Waals surface area (Å²) < 4.78 is 0. The minimum Gasteiger partial charge on any atom is -0.382 e. The quantitative estimate of drug-likeness (QED) is 0.342. The number of rotatable bonds is 4. The number of hydrogen-bond acceptors (Lipinski definition) is 7. The molecule has 1 aromatic heterocycles. The molecule has 0 spiro atoms. The first-order valence-electron chi connectivity index (χ1n) is 8.08. The van der Waals surface area contributed by atoms with Gasteiger partial charge < -0.3 is 16.8 Å². The van der Waals surface area contributed by atoms with Crippen LogP contribution in [0.2, 0.25) is 5.15 Å². The number of carbonyl (C=O) groups excluding carboxylic acids is 1. The van der Waals surface area contributed by atoms with E-state index in [1.165, 1.54) is 6.34 Å². The van der Waals surface area contributed by atoms with Gasteiger partial charge in [-0.3, -0.25) is 4.79 Å². The van der Waals surface area contributed by atoms with E-state index in [2.05, 4.69) is 25.8 Å². The Morgan fingerprint density at radius 1 is 1.23 bits per heavy atom. The smallest absolute Gasteiger partial charge is 0.293 e. The summed E-state index contributed by atoms with van der Waals surface area (Å²) in [5, 5.41) is 20.3. The fraction of sp³-hybridized carbons (Fsp3) is 0.600. The Morgan fingerprint density at radius 3 is 2.38 bits per heavy atom. The molecule has 0 saturated carbocycles. The molecule has 1 radical (unpaired) electrons. The van der Waals surface area contributed by atoms with E-state index < -0.39 is 17.0 Å². The average Bonchev–Trinajstić information content (AvgIpc) is 2.52. The Labute approximate surface area is 156 Å². The van der Waals surface area contributed by atoms with Gasteiger partial charge >= 0.3 is 0 Å². The van der Waals surface area contributed by atoms with Crippen molar-refractivity contribution < 1.29 is 10.0 Å². The topological polar surface area (TPSA) is 154 Å². The van der Waals surface area contributed by atoms with Crippen molar-refractivity contribution in [2.75, 3.05) is 11.5 Å². The molecule has 6 N–H and O–H groups in total. The number of aromatic nitrogens is 2. The van der Waals surface area contributed by atoms with E-state index in [-0.39, 0.29) is 28.5 Å². The van der Waals surface area contributed by atoms with Gasteiger partial charge in [0.05, 0.1) is 0 Å². The first-order valence-corrected chi connectivity index (χ1v) is 8.46. The molecule has 11 heteroatoms. The van der Waals surface area contributed by atoms with E-state index in [4.69, 9.17) is 23.1 Å². The average molecular weight is 384 g/mol. The number of hydrazone groups is 1. The Balaban J connectivity index is 1.95. The Kier molecular flexibility index (Phi) is 5.59. The van der Waals surface area contributed by atoms with Crippen LogP contribution in [0.3, 0.4) is 0 Å². The number of carbonyl (C=O) groups is 1. The number of hydroxylamine groups is 2. The summed E-state index contributed by atoms with van der Waals surface area (Å²) in [6, 6.07) is 0.0432. The second-order valence-corrected chi connectivity index (χ2v) is 7.88. The fourth-order valence-corrected chi connectivity index (χ4v) is 3.40. The Hall–Kier alpha value is -2.17. The second-order valence-electron chi connectivity index (χ2n) is 7.52. The Bertz CT molecular complexity index is 704. The third kappa shape index (κ3) is 4.32. The fourth-order valence-electron chi connectivity index (χ4n) is 3.28. The highest BCUT2D eigenvalue weighted by Crippen LogP contribution is 2.36. The maximum Gasteiger partial charge on any atom is 0.293 e.